The number of hydrogen-bond donors (Lipinski definition) is 2. The number of rotatable bonds is 4. The van der Waals surface area contributed by atoms with Crippen LogP contribution in [0.25, 0.3) is 10.7 Å². The summed E-state index contributed by atoms with van der Waals surface area (Å²) in [6.07, 6.45) is 5.87. The molecule has 9 heteroatoms. The van der Waals surface area contributed by atoms with Gasteiger partial charge in [0.05, 0.1) is 6.21 Å². The lowest BCUT2D eigenvalue weighted by molar-refractivity contribution is -0.136. The molecule has 2 aliphatic heterocycles. The van der Waals surface area contributed by atoms with Crippen LogP contribution in [0.4, 0.5) is 0 Å². The van der Waals surface area contributed by atoms with Crippen LogP contribution in [-0.4, -0.2) is 56.2 Å². The summed E-state index contributed by atoms with van der Waals surface area (Å²) in [5.74, 6) is 1.04. The molecule has 0 saturated carbocycles. The van der Waals surface area contributed by atoms with Crippen molar-refractivity contribution in [2.75, 3.05) is 7.05 Å². The van der Waals surface area contributed by atoms with E-state index < -0.39 is 0 Å². The average molecular weight is 385 g/mol. The fourth-order valence-electron chi connectivity index (χ4n) is 3.68. The molecule has 0 saturated heterocycles. The van der Waals surface area contributed by atoms with E-state index in [1.807, 2.05) is 25.5 Å². The normalized spacial score (nSPS) is 22.5. The van der Waals surface area contributed by atoms with Crippen molar-refractivity contribution in [1.82, 2.24) is 30.3 Å². The fraction of sp³-hybridized carbons (Fsp3) is 0.444. The lowest BCUT2D eigenvalue weighted by Crippen LogP contribution is -2.58. The van der Waals surface area contributed by atoms with Gasteiger partial charge in [-0.2, -0.15) is 5.10 Å². The van der Waals surface area contributed by atoms with Crippen molar-refractivity contribution in [2.24, 2.45) is 4.99 Å². The Hall–Kier alpha value is -2.68. The number of aromatic amines is 1. The van der Waals surface area contributed by atoms with Crippen LogP contribution < -0.4 is 5.32 Å². The smallest absolute Gasteiger partial charge is 0.249 e. The number of aromatic nitrogens is 3. The van der Waals surface area contributed by atoms with Crippen LogP contribution >= 0.6 is 11.3 Å². The summed E-state index contributed by atoms with van der Waals surface area (Å²) in [6.45, 7) is 6.25. The monoisotopic (exact) mass is 385 g/mol. The molecule has 8 nitrogen and oxygen atoms in total. The summed E-state index contributed by atoms with van der Waals surface area (Å²) in [4.78, 5) is 25.7. The van der Waals surface area contributed by atoms with Gasteiger partial charge < -0.3 is 15.1 Å². The van der Waals surface area contributed by atoms with Gasteiger partial charge in [0.25, 0.3) is 0 Å². The van der Waals surface area contributed by atoms with Crippen LogP contribution in [0.2, 0.25) is 0 Å². The van der Waals surface area contributed by atoms with Crippen molar-refractivity contribution in [1.29, 1.82) is 0 Å². The molecule has 27 heavy (non-hydrogen) atoms. The number of amides is 1. The van der Waals surface area contributed by atoms with Crippen molar-refractivity contribution in [3.63, 3.8) is 0 Å². The van der Waals surface area contributed by atoms with E-state index in [1.54, 1.807) is 28.6 Å². The van der Waals surface area contributed by atoms with Gasteiger partial charge in [0.15, 0.2) is 0 Å². The third kappa shape index (κ3) is 2.82. The third-order valence-electron chi connectivity index (χ3n) is 4.98. The van der Waals surface area contributed by atoms with Crippen molar-refractivity contribution in [3.8, 4) is 10.7 Å². The summed E-state index contributed by atoms with van der Waals surface area (Å²) < 4.78 is 0. The Morgan fingerprint density at radius 2 is 2.19 bits per heavy atom. The maximum atomic E-state index is 12.8. The predicted molar refractivity (Wildman–Crippen MR) is 105 cm³/mol. The molecule has 0 aromatic carbocycles. The topological polar surface area (TPSA) is 89.5 Å². The molecular weight excluding hydrogens is 362 g/mol. The molecule has 4 heterocycles. The number of aliphatic imine (C=N–C) groups is 1. The Bertz CT molecular complexity index is 899. The second kappa shape index (κ2) is 6.80. The van der Waals surface area contributed by atoms with E-state index in [1.165, 1.54) is 0 Å². The van der Waals surface area contributed by atoms with Crippen LogP contribution in [0.5, 0.6) is 0 Å². The summed E-state index contributed by atoms with van der Waals surface area (Å²) in [5, 5.41) is 13.6. The SMILES string of the molecule is CCC1C(=O)N(C)C2=C(NC(c3c[nH]nc3-c3nccs3)N=C2)N1C(C)C. The zero-order valence-corrected chi connectivity index (χ0v) is 16.6. The van der Waals surface area contributed by atoms with Gasteiger partial charge in [0.2, 0.25) is 5.91 Å². The van der Waals surface area contributed by atoms with Crippen molar-refractivity contribution in [2.45, 2.75) is 45.4 Å². The van der Waals surface area contributed by atoms with Gasteiger partial charge in [-0.3, -0.25) is 14.9 Å². The van der Waals surface area contributed by atoms with Gasteiger partial charge in [-0.15, -0.1) is 11.3 Å². The Kier molecular flexibility index (Phi) is 4.47. The first-order chi connectivity index (χ1) is 13.0. The number of carbonyl (C=O) groups excluding carboxylic acids is 1. The van der Waals surface area contributed by atoms with Gasteiger partial charge in [-0.1, -0.05) is 6.92 Å². The standard InChI is InChI=1S/C18H23N7OS/c1-5-12-18(26)24(4)13-9-20-15(22-16(13)25(12)10(2)3)11-8-21-23-14(11)17-19-6-7-27-17/h6-10,12,15,22H,5H2,1-4H3,(H,21,23). The van der Waals surface area contributed by atoms with Crippen molar-refractivity contribution in [3.05, 3.63) is 34.9 Å². The highest BCUT2D eigenvalue weighted by Gasteiger charge is 2.40. The van der Waals surface area contributed by atoms with E-state index in [0.717, 1.165) is 34.2 Å². The first-order valence-electron chi connectivity index (χ1n) is 9.06. The fourth-order valence-corrected chi connectivity index (χ4v) is 4.33. The molecule has 142 valence electrons. The van der Waals surface area contributed by atoms with E-state index in [4.69, 9.17) is 0 Å². The first kappa shape index (κ1) is 17.7. The molecule has 2 N–H and O–H groups in total. The van der Waals surface area contributed by atoms with Gasteiger partial charge in [0, 0.05) is 36.4 Å². The minimum absolute atomic E-state index is 0.100. The van der Waals surface area contributed by atoms with Crippen LogP contribution in [0, 0.1) is 0 Å². The lowest BCUT2D eigenvalue weighted by Gasteiger charge is -2.46. The van der Waals surface area contributed by atoms with Crippen LogP contribution in [-0.2, 0) is 4.79 Å². The second-order valence-electron chi connectivity index (χ2n) is 6.91. The molecule has 0 bridgehead atoms. The predicted octanol–water partition coefficient (Wildman–Crippen LogP) is 2.34. The van der Waals surface area contributed by atoms with Crippen LogP contribution in [0.15, 0.2) is 34.3 Å². The minimum atomic E-state index is -0.290. The number of nitrogens with one attached hydrogen (secondary N) is 2. The maximum Gasteiger partial charge on any atom is 0.249 e. The van der Waals surface area contributed by atoms with E-state index in [2.05, 4.69) is 44.2 Å². The maximum absolute atomic E-state index is 12.8. The van der Waals surface area contributed by atoms with Gasteiger partial charge >= 0.3 is 0 Å². The van der Waals surface area contributed by atoms with Crippen molar-refractivity contribution < 1.29 is 4.79 Å². The Balaban J connectivity index is 1.72. The van der Waals surface area contributed by atoms with E-state index in [-0.39, 0.29) is 24.2 Å². The van der Waals surface area contributed by atoms with E-state index in [9.17, 15) is 4.79 Å². The Morgan fingerprint density at radius 3 is 2.85 bits per heavy atom. The lowest BCUT2D eigenvalue weighted by atomic mass is 10.0. The number of thiazole rings is 1. The number of H-pyrrole nitrogens is 1. The third-order valence-corrected chi connectivity index (χ3v) is 5.76. The zero-order chi connectivity index (χ0) is 19.1. The van der Waals surface area contributed by atoms with Gasteiger partial charge in [-0.05, 0) is 20.3 Å². The average Bonchev–Trinajstić information content (AvgIpc) is 3.34. The molecule has 2 aliphatic rings. The summed E-state index contributed by atoms with van der Waals surface area (Å²) in [5.41, 5.74) is 2.53. The Morgan fingerprint density at radius 1 is 1.37 bits per heavy atom. The quantitative estimate of drug-likeness (QED) is 0.843. The molecule has 4 rings (SSSR count). The summed E-state index contributed by atoms with van der Waals surface area (Å²) in [7, 11) is 1.81. The number of allylic oxidation sites excluding steroid dienone is 1. The largest absolute Gasteiger partial charge is 0.345 e. The molecule has 0 spiro atoms. The first-order valence-corrected chi connectivity index (χ1v) is 9.94. The highest BCUT2D eigenvalue weighted by atomic mass is 32.1. The number of nitrogens with zero attached hydrogens (tertiary/aromatic N) is 5. The Labute approximate surface area is 162 Å². The van der Waals surface area contributed by atoms with Gasteiger partial charge in [0.1, 0.15) is 34.4 Å². The molecule has 0 aliphatic carbocycles. The van der Waals surface area contributed by atoms with Crippen LogP contribution in [0.1, 0.15) is 38.9 Å². The highest BCUT2D eigenvalue weighted by molar-refractivity contribution is 7.13. The zero-order valence-electron chi connectivity index (χ0n) is 15.8. The van der Waals surface area contributed by atoms with Crippen molar-refractivity contribution >= 4 is 23.5 Å². The van der Waals surface area contributed by atoms with Crippen LogP contribution in [0.3, 0.4) is 0 Å². The molecule has 2 aromatic heterocycles. The molecule has 2 aromatic rings. The number of hydrogen-bond acceptors (Lipinski definition) is 7. The van der Waals surface area contributed by atoms with E-state index in [0.29, 0.717) is 0 Å². The number of likely N-dealkylation sites (N-methyl/N-ethyl adjacent to an activating group) is 1. The molecule has 0 fully saturated rings. The second-order valence-corrected chi connectivity index (χ2v) is 7.80. The molecule has 1 amide bonds. The molecule has 2 atom stereocenters. The highest BCUT2D eigenvalue weighted by Crippen LogP contribution is 2.34. The number of carbonyl (C=O) groups is 1. The summed E-state index contributed by atoms with van der Waals surface area (Å²) in [6, 6.07) is -0.00350. The van der Waals surface area contributed by atoms with E-state index >= 15 is 0 Å². The summed E-state index contributed by atoms with van der Waals surface area (Å²) >= 11 is 1.54. The minimum Gasteiger partial charge on any atom is -0.345 e. The molecular formula is C18H23N7OS. The molecule has 2 unspecified atom stereocenters. The molecule has 0 radical (unpaired) electrons. The van der Waals surface area contributed by atoms with Gasteiger partial charge in [-0.25, -0.2) is 4.98 Å².